The van der Waals surface area contributed by atoms with Crippen molar-refractivity contribution in [3.63, 3.8) is 0 Å². The molecule has 0 radical (unpaired) electrons. The lowest BCUT2D eigenvalue weighted by atomic mass is 9.99. The van der Waals surface area contributed by atoms with Crippen LogP contribution in [-0.2, 0) is 0 Å². The summed E-state index contributed by atoms with van der Waals surface area (Å²) in [5, 5.41) is 6.88. The van der Waals surface area contributed by atoms with Gasteiger partial charge in [0.25, 0.3) is 0 Å². The number of aromatic nitrogens is 1. The van der Waals surface area contributed by atoms with E-state index in [-0.39, 0.29) is 11.9 Å². The van der Waals surface area contributed by atoms with Crippen molar-refractivity contribution >= 4 is 11.8 Å². The van der Waals surface area contributed by atoms with Crippen molar-refractivity contribution < 1.29 is 4.39 Å². The number of nitrogens with one attached hydrogen (secondary N) is 2. The molecule has 0 amide bonds. The quantitative estimate of drug-likeness (QED) is 0.452. The van der Waals surface area contributed by atoms with Crippen LogP contribution in [0.4, 0.5) is 10.2 Å². The van der Waals surface area contributed by atoms with Crippen LogP contribution in [0, 0.1) is 11.7 Å². The molecule has 3 rings (SSSR count). The summed E-state index contributed by atoms with van der Waals surface area (Å²) in [6.07, 6.45) is 6.35. The van der Waals surface area contributed by atoms with Crippen LogP contribution in [-0.4, -0.2) is 68.2 Å². The molecule has 1 atom stereocenters. The summed E-state index contributed by atoms with van der Waals surface area (Å²) in [5.41, 5.74) is 0. The van der Waals surface area contributed by atoms with E-state index in [9.17, 15) is 4.39 Å². The highest BCUT2D eigenvalue weighted by Gasteiger charge is 2.25. The molecule has 0 spiro atoms. The second-order valence-corrected chi connectivity index (χ2v) is 7.76. The first kappa shape index (κ1) is 19.9. The Kier molecular flexibility index (Phi) is 7.26. The maximum atomic E-state index is 13.9. The van der Waals surface area contributed by atoms with Crippen LogP contribution >= 0.6 is 0 Å². The maximum absolute atomic E-state index is 13.9. The zero-order valence-electron chi connectivity index (χ0n) is 16.6. The Morgan fingerprint density at radius 1 is 1.30 bits per heavy atom. The van der Waals surface area contributed by atoms with Crippen LogP contribution in [0.15, 0.2) is 23.3 Å². The van der Waals surface area contributed by atoms with Crippen molar-refractivity contribution in [1.82, 2.24) is 20.5 Å². The van der Waals surface area contributed by atoms with Gasteiger partial charge in [-0.3, -0.25) is 4.99 Å². The minimum absolute atomic E-state index is 0.251. The van der Waals surface area contributed by atoms with Crippen molar-refractivity contribution in [2.75, 3.05) is 51.2 Å². The standard InChI is InChI=1S/C20H33FN6/c1-16-6-12-26(13-7-16)11-4-10-24-20(22-2)25-17-8-14-27(15-17)19-18(21)5-3-9-23-19/h3,5,9,16-17H,4,6-8,10-15H2,1-2H3,(H2,22,24,25). The van der Waals surface area contributed by atoms with Gasteiger partial charge in [0.05, 0.1) is 0 Å². The van der Waals surface area contributed by atoms with Gasteiger partial charge in [-0.1, -0.05) is 6.92 Å². The smallest absolute Gasteiger partial charge is 0.191 e. The maximum Gasteiger partial charge on any atom is 0.191 e. The molecule has 1 aromatic heterocycles. The number of likely N-dealkylation sites (tertiary alicyclic amines) is 1. The predicted molar refractivity (Wildman–Crippen MR) is 109 cm³/mol. The average Bonchev–Trinajstić information content (AvgIpc) is 3.14. The second-order valence-electron chi connectivity index (χ2n) is 7.76. The van der Waals surface area contributed by atoms with Crippen LogP contribution in [0.2, 0.25) is 0 Å². The average molecular weight is 377 g/mol. The van der Waals surface area contributed by atoms with Crippen molar-refractivity contribution in [2.24, 2.45) is 10.9 Å². The molecule has 3 heterocycles. The van der Waals surface area contributed by atoms with Crippen molar-refractivity contribution in [3.8, 4) is 0 Å². The van der Waals surface area contributed by atoms with Crippen molar-refractivity contribution in [3.05, 3.63) is 24.1 Å². The number of anilines is 1. The third kappa shape index (κ3) is 5.79. The largest absolute Gasteiger partial charge is 0.356 e. The molecular weight excluding hydrogens is 343 g/mol. The minimum Gasteiger partial charge on any atom is -0.356 e. The van der Waals surface area contributed by atoms with E-state index < -0.39 is 0 Å². The van der Waals surface area contributed by atoms with Gasteiger partial charge in [-0.05, 0) is 63.4 Å². The monoisotopic (exact) mass is 376 g/mol. The number of piperidine rings is 1. The fourth-order valence-corrected chi connectivity index (χ4v) is 3.86. The van der Waals surface area contributed by atoms with Gasteiger partial charge in [-0.15, -0.1) is 0 Å². The summed E-state index contributed by atoms with van der Waals surface area (Å²) in [4.78, 5) is 13.1. The van der Waals surface area contributed by atoms with Gasteiger partial charge in [-0.25, -0.2) is 9.37 Å². The SMILES string of the molecule is CN=C(NCCCN1CCC(C)CC1)NC1CCN(c2ncccc2F)C1. The molecule has 7 heteroatoms. The molecule has 1 unspecified atom stereocenters. The Morgan fingerprint density at radius 2 is 2.11 bits per heavy atom. The number of hydrogen-bond donors (Lipinski definition) is 2. The van der Waals surface area contributed by atoms with Crippen LogP contribution in [0.3, 0.4) is 0 Å². The Labute approximate surface area is 162 Å². The number of halogens is 1. The number of aliphatic imine (C=N–C) groups is 1. The topological polar surface area (TPSA) is 55.8 Å². The molecule has 2 aliphatic rings. The van der Waals surface area contributed by atoms with E-state index >= 15 is 0 Å². The molecule has 27 heavy (non-hydrogen) atoms. The molecule has 0 saturated carbocycles. The highest BCUT2D eigenvalue weighted by atomic mass is 19.1. The predicted octanol–water partition coefficient (Wildman–Crippen LogP) is 2.09. The molecule has 1 aromatic rings. The van der Waals surface area contributed by atoms with Crippen LogP contribution in [0.25, 0.3) is 0 Å². The van der Waals surface area contributed by atoms with Crippen LogP contribution < -0.4 is 15.5 Å². The summed E-state index contributed by atoms with van der Waals surface area (Å²) in [6, 6.07) is 3.34. The molecule has 150 valence electrons. The van der Waals surface area contributed by atoms with Gasteiger partial charge in [0.15, 0.2) is 17.6 Å². The molecule has 0 bridgehead atoms. The van der Waals surface area contributed by atoms with Crippen LogP contribution in [0.1, 0.15) is 32.6 Å². The number of rotatable bonds is 6. The van der Waals surface area contributed by atoms with E-state index in [2.05, 4.69) is 32.4 Å². The summed E-state index contributed by atoms with van der Waals surface area (Å²) < 4.78 is 13.9. The third-order valence-electron chi connectivity index (χ3n) is 5.61. The second kappa shape index (κ2) is 9.88. The van der Waals surface area contributed by atoms with Crippen LogP contribution in [0.5, 0.6) is 0 Å². The molecule has 0 aliphatic carbocycles. The third-order valence-corrected chi connectivity index (χ3v) is 5.61. The molecule has 2 fully saturated rings. The lowest BCUT2D eigenvalue weighted by Crippen LogP contribution is -2.45. The minimum atomic E-state index is -0.257. The highest BCUT2D eigenvalue weighted by molar-refractivity contribution is 5.80. The first-order valence-electron chi connectivity index (χ1n) is 10.2. The number of nitrogens with zero attached hydrogens (tertiary/aromatic N) is 4. The van der Waals surface area contributed by atoms with E-state index in [1.54, 1.807) is 19.3 Å². The summed E-state index contributed by atoms with van der Waals surface area (Å²) in [6.45, 7) is 8.41. The lowest BCUT2D eigenvalue weighted by Gasteiger charge is -2.30. The van der Waals surface area contributed by atoms with E-state index in [0.717, 1.165) is 50.9 Å². The normalized spacial score (nSPS) is 22.3. The fraction of sp³-hybridized carbons (Fsp3) is 0.700. The number of hydrogen-bond acceptors (Lipinski definition) is 4. The number of pyridine rings is 1. The first-order chi connectivity index (χ1) is 13.2. The molecule has 2 aliphatic heterocycles. The van der Waals surface area contributed by atoms with Gasteiger partial charge < -0.3 is 20.4 Å². The zero-order chi connectivity index (χ0) is 19.1. The highest BCUT2D eigenvalue weighted by Crippen LogP contribution is 2.20. The van der Waals surface area contributed by atoms with Gasteiger partial charge in [0.2, 0.25) is 0 Å². The van der Waals surface area contributed by atoms with E-state index in [1.165, 1.54) is 32.0 Å². The van der Waals surface area contributed by atoms with Crippen molar-refractivity contribution in [2.45, 2.75) is 38.6 Å². The summed E-state index contributed by atoms with van der Waals surface area (Å²) in [7, 11) is 1.80. The Bertz CT molecular complexity index is 614. The molecule has 2 N–H and O–H groups in total. The number of guanidine groups is 1. The van der Waals surface area contributed by atoms with Gasteiger partial charge >= 0.3 is 0 Å². The van der Waals surface area contributed by atoms with Gasteiger partial charge in [0.1, 0.15) is 0 Å². The summed E-state index contributed by atoms with van der Waals surface area (Å²) in [5.74, 6) is 1.90. The van der Waals surface area contributed by atoms with E-state index in [1.807, 2.05) is 4.90 Å². The van der Waals surface area contributed by atoms with Crippen molar-refractivity contribution in [1.29, 1.82) is 0 Å². The van der Waals surface area contributed by atoms with Gasteiger partial charge in [-0.2, -0.15) is 0 Å². The lowest BCUT2D eigenvalue weighted by molar-refractivity contribution is 0.191. The first-order valence-corrected chi connectivity index (χ1v) is 10.2. The van der Waals surface area contributed by atoms with E-state index in [0.29, 0.717) is 5.82 Å². The molecular formula is C20H33FN6. The Hall–Kier alpha value is -1.89. The van der Waals surface area contributed by atoms with E-state index in [4.69, 9.17) is 0 Å². The Morgan fingerprint density at radius 3 is 2.85 bits per heavy atom. The molecule has 6 nitrogen and oxygen atoms in total. The summed E-state index contributed by atoms with van der Waals surface area (Å²) >= 11 is 0. The molecule has 0 aromatic carbocycles. The fourth-order valence-electron chi connectivity index (χ4n) is 3.86. The zero-order valence-corrected chi connectivity index (χ0v) is 16.6. The van der Waals surface area contributed by atoms with Gasteiger partial charge in [0, 0.05) is 38.9 Å². The molecule has 2 saturated heterocycles. The Balaban J connectivity index is 1.36.